The van der Waals surface area contributed by atoms with E-state index in [4.69, 9.17) is 4.74 Å². The number of carboxylic acids is 1. The fourth-order valence-electron chi connectivity index (χ4n) is 4.57. The lowest BCUT2D eigenvalue weighted by Gasteiger charge is -2.25. The number of hydrogen-bond acceptors (Lipinski definition) is 4. The Labute approximate surface area is 169 Å². The molecule has 2 aliphatic carbocycles. The number of alkyl carbamates (subject to hydrolysis) is 1. The van der Waals surface area contributed by atoms with Crippen molar-refractivity contribution in [1.82, 2.24) is 5.32 Å². The number of aliphatic hydroxyl groups is 1. The number of fused-ring (bicyclic) bond motifs is 3. The summed E-state index contributed by atoms with van der Waals surface area (Å²) in [4.78, 5) is 23.8. The van der Waals surface area contributed by atoms with Gasteiger partial charge in [-0.15, -0.1) is 0 Å². The zero-order valence-corrected chi connectivity index (χ0v) is 16.1. The normalized spacial score (nSPS) is 23.6. The maximum absolute atomic E-state index is 12.4. The van der Waals surface area contributed by atoms with Crippen LogP contribution in [0.4, 0.5) is 4.79 Å². The molecular weight excluding hydrogens is 370 g/mol. The minimum Gasteiger partial charge on any atom is -0.481 e. The molecule has 1 saturated carbocycles. The smallest absolute Gasteiger partial charge is 0.407 e. The van der Waals surface area contributed by atoms with E-state index in [0.29, 0.717) is 12.8 Å². The summed E-state index contributed by atoms with van der Waals surface area (Å²) >= 11 is 0. The molecule has 0 aromatic heterocycles. The summed E-state index contributed by atoms with van der Waals surface area (Å²) in [5.41, 5.74) is 4.56. The van der Waals surface area contributed by atoms with Gasteiger partial charge >= 0.3 is 12.1 Å². The third-order valence-electron chi connectivity index (χ3n) is 6.07. The van der Waals surface area contributed by atoms with Gasteiger partial charge in [-0.3, -0.25) is 4.79 Å². The van der Waals surface area contributed by atoms with Gasteiger partial charge < -0.3 is 20.3 Å². The van der Waals surface area contributed by atoms with Gasteiger partial charge in [0.1, 0.15) is 6.61 Å². The van der Waals surface area contributed by atoms with Crippen LogP contribution >= 0.6 is 0 Å². The molecule has 6 nitrogen and oxygen atoms in total. The minimum atomic E-state index is -1.12. The highest BCUT2D eigenvalue weighted by Gasteiger charge is 2.36. The largest absolute Gasteiger partial charge is 0.481 e. The van der Waals surface area contributed by atoms with E-state index in [-0.39, 0.29) is 12.5 Å². The average molecular weight is 395 g/mol. The lowest BCUT2D eigenvalue weighted by Crippen LogP contribution is -2.47. The maximum Gasteiger partial charge on any atom is 0.407 e. The summed E-state index contributed by atoms with van der Waals surface area (Å²) < 4.78 is 5.52. The van der Waals surface area contributed by atoms with Crippen LogP contribution in [0.1, 0.15) is 42.7 Å². The second kappa shape index (κ2) is 8.25. The summed E-state index contributed by atoms with van der Waals surface area (Å²) in [5, 5.41) is 22.4. The topological polar surface area (TPSA) is 95.9 Å². The van der Waals surface area contributed by atoms with E-state index in [1.165, 1.54) is 0 Å². The second-order valence-electron chi connectivity index (χ2n) is 7.80. The van der Waals surface area contributed by atoms with Crippen molar-refractivity contribution in [3.8, 4) is 11.1 Å². The lowest BCUT2D eigenvalue weighted by atomic mass is 9.95. The Morgan fingerprint density at radius 2 is 1.55 bits per heavy atom. The quantitative estimate of drug-likeness (QED) is 0.689. The number of ether oxygens (including phenoxy) is 1. The molecule has 1 fully saturated rings. The van der Waals surface area contributed by atoms with Crippen LogP contribution in [0.5, 0.6) is 0 Å². The van der Waals surface area contributed by atoms with Gasteiger partial charge in [0.15, 0.2) is 0 Å². The third-order valence-corrected chi connectivity index (χ3v) is 6.07. The molecule has 1 amide bonds. The van der Waals surface area contributed by atoms with Crippen LogP contribution in [-0.4, -0.2) is 41.0 Å². The summed E-state index contributed by atoms with van der Waals surface area (Å²) in [6.07, 6.45) is 0.693. The first-order valence-corrected chi connectivity index (χ1v) is 10.1. The Hall–Kier alpha value is -2.86. The molecule has 29 heavy (non-hydrogen) atoms. The Balaban J connectivity index is 1.43. The summed E-state index contributed by atoms with van der Waals surface area (Å²) in [5.74, 6) is -1.94. The predicted octanol–water partition coefficient (Wildman–Crippen LogP) is 3.53. The molecule has 0 heterocycles. The first-order chi connectivity index (χ1) is 14.1. The second-order valence-corrected chi connectivity index (χ2v) is 7.80. The maximum atomic E-state index is 12.4. The Kier molecular flexibility index (Phi) is 5.53. The molecule has 0 spiro atoms. The van der Waals surface area contributed by atoms with Crippen LogP contribution in [0.25, 0.3) is 11.1 Å². The lowest BCUT2D eigenvalue weighted by molar-refractivity contribution is -0.146. The van der Waals surface area contributed by atoms with Crippen molar-refractivity contribution in [2.24, 2.45) is 5.92 Å². The standard InChI is InChI=1S/C23H25NO5/c25-21-18(22(26)27)11-5-6-12-20(21)24-23(28)29-13-19-16-9-3-1-7-14(16)15-8-2-4-10-17(15)19/h1-4,7-10,18-21,25H,5-6,11-13H2,(H,24,28)(H,26,27)/t18-,20+,21-/m1/s1. The zero-order chi connectivity index (χ0) is 20.4. The van der Waals surface area contributed by atoms with Crippen LogP contribution < -0.4 is 5.32 Å². The number of carbonyl (C=O) groups is 2. The summed E-state index contributed by atoms with van der Waals surface area (Å²) in [6, 6.07) is 15.6. The Bertz CT molecular complexity index is 866. The highest BCUT2D eigenvalue weighted by atomic mass is 16.5. The van der Waals surface area contributed by atoms with Gasteiger partial charge in [-0.25, -0.2) is 4.79 Å². The van der Waals surface area contributed by atoms with E-state index >= 15 is 0 Å². The molecule has 4 rings (SSSR count). The molecule has 0 radical (unpaired) electrons. The number of benzene rings is 2. The van der Waals surface area contributed by atoms with Crippen LogP contribution in [-0.2, 0) is 9.53 Å². The molecule has 0 aliphatic heterocycles. The molecule has 2 aromatic carbocycles. The van der Waals surface area contributed by atoms with Crippen molar-refractivity contribution < 1.29 is 24.5 Å². The van der Waals surface area contributed by atoms with Gasteiger partial charge in [-0.1, -0.05) is 61.4 Å². The number of hydrogen-bond donors (Lipinski definition) is 3. The Morgan fingerprint density at radius 3 is 2.17 bits per heavy atom. The van der Waals surface area contributed by atoms with Crippen LogP contribution in [0.2, 0.25) is 0 Å². The van der Waals surface area contributed by atoms with Gasteiger partial charge in [0.25, 0.3) is 0 Å². The van der Waals surface area contributed by atoms with Crippen molar-refractivity contribution in [2.45, 2.75) is 43.7 Å². The number of nitrogens with one attached hydrogen (secondary N) is 1. The van der Waals surface area contributed by atoms with Crippen molar-refractivity contribution in [3.05, 3.63) is 59.7 Å². The molecule has 2 aliphatic rings. The number of aliphatic hydroxyl groups excluding tert-OH is 1. The monoisotopic (exact) mass is 395 g/mol. The van der Waals surface area contributed by atoms with E-state index in [0.717, 1.165) is 35.1 Å². The molecule has 0 unspecified atom stereocenters. The fourth-order valence-corrected chi connectivity index (χ4v) is 4.57. The highest BCUT2D eigenvalue weighted by Crippen LogP contribution is 2.44. The van der Waals surface area contributed by atoms with Crippen molar-refractivity contribution in [3.63, 3.8) is 0 Å². The summed E-state index contributed by atoms with van der Waals surface area (Å²) in [7, 11) is 0. The zero-order valence-electron chi connectivity index (χ0n) is 16.1. The fraction of sp³-hybridized carbons (Fsp3) is 0.391. The van der Waals surface area contributed by atoms with Crippen molar-refractivity contribution in [1.29, 1.82) is 0 Å². The third kappa shape index (κ3) is 3.85. The Morgan fingerprint density at radius 1 is 0.966 bits per heavy atom. The number of aliphatic carboxylic acids is 1. The predicted molar refractivity (Wildman–Crippen MR) is 108 cm³/mol. The summed E-state index contributed by atoms with van der Waals surface area (Å²) in [6.45, 7) is 0.186. The van der Waals surface area contributed by atoms with E-state index in [2.05, 4.69) is 17.4 Å². The van der Waals surface area contributed by atoms with Gasteiger partial charge in [0.05, 0.1) is 18.1 Å². The van der Waals surface area contributed by atoms with Gasteiger partial charge in [0, 0.05) is 5.92 Å². The highest BCUT2D eigenvalue weighted by molar-refractivity contribution is 5.79. The van der Waals surface area contributed by atoms with Gasteiger partial charge in [0.2, 0.25) is 0 Å². The SMILES string of the molecule is O=C(N[C@H]1CCCC[C@@H](C(=O)O)[C@H]1O)OCC1c2ccccc2-c2ccccc21. The van der Waals surface area contributed by atoms with Crippen LogP contribution in [0.3, 0.4) is 0 Å². The molecule has 0 saturated heterocycles. The van der Waals surface area contributed by atoms with Gasteiger partial charge in [-0.2, -0.15) is 0 Å². The average Bonchev–Trinajstić information content (AvgIpc) is 2.92. The molecule has 6 heteroatoms. The van der Waals surface area contributed by atoms with E-state index in [1.807, 2.05) is 36.4 Å². The van der Waals surface area contributed by atoms with E-state index in [1.54, 1.807) is 0 Å². The van der Waals surface area contributed by atoms with E-state index < -0.39 is 30.1 Å². The first kappa shape index (κ1) is 19.5. The van der Waals surface area contributed by atoms with Crippen molar-refractivity contribution >= 4 is 12.1 Å². The number of amides is 1. The molecule has 3 atom stereocenters. The van der Waals surface area contributed by atoms with E-state index in [9.17, 15) is 19.8 Å². The van der Waals surface area contributed by atoms with Crippen LogP contribution in [0, 0.1) is 5.92 Å². The molecule has 0 bridgehead atoms. The van der Waals surface area contributed by atoms with Crippen molar-refractivity contribution in [2.75, 3.05) is 6.61 Å². The van der Waals surface area contributed by atoms with Gasteiger partial charge in [-0.05, 0) is 35.1 Å². The molecule has 2 aromatic rings. The molecule has 3 N–H and O–H groups in total. The minimum absolute atomic E-state index is 0.0426. The first-order valence-electron chi connectivity index (χ1n) is 10.1. The molecule has 152 valence electrons. The number of rotatable bonds is 4. The van der Waals surface area contributed by atoms with Crippen LogP contribution in [0.15, 0.2) is 48.5 Å². The number of carboxylic acid groups (broad SMARTS) is 1. The number of carbonyl (C=O) groups excluding carboxylic acids is 1. The molecular formula is C23H25NO5.